The molecule has 3 atom stereocenters. The van der Waals surface area contributed by atoms with E-state index in [1.165, 1.54) is 6.07 Å². The molecule has 0 saturated carbocycles. The third kappa shape index (κ3) is 2.81. The van der Waals surface area contributed by atoms with Crippen molar-refractivity contribution in [2.45, 2.75) is 24.6 Å². The fraction of sp³-hybridized carbons (Fsp3) is 0.263. The average molecular weight is 384 g/mol. The number of rotatable bonds is 1. The van der Waals surface area contributed by atoms with Crippen LogP contribution >= 0.6 is 23.2 Å². The summed E-state index contributed by atoms with van der Waals surface area (Å²) in [6, 6.07) is 9.19. The van der Waals surface area contributed by atoms with Gasteiger partial charge in [-0.2, -0.15) is 13.2 Å². The molecule has 0 unspecified atom stereocenters. The Morgan fingerprint density at radius 2 is 1.84 bits per heavy atom. The maximum atomic E-state index is 13.5. The van der Waals surface area contributed by atoms with E-state index in [1.807, 2.05) is 12.2 Å². The highest BCUT2D eigenvalue weighted by Crippen LogP contribution is 2.53. The standard InChI is InChI=1S/C19H14Cl2F3N/c20-10-7-8-14(16(21)9-10)17-12-4-1-3-11(12)13-5-2-6-15(18(13)25-17)19(22,23)24/h1-3,5-9,11-12,17,25H,4H2/t11-,12-,17-/m0/s1. The van der Waals surface area contributed by atoms with E-state index in [1.54, 1.807) is 24.3 Å². The summed E-state index contributed by atoms with van der Waals surface area (Å²) in [7, 11) is 0. The molecule has 1 heterocycles. The van der Waals surface area contributed by atoms with Gasteiger partial charge in [-0.05, 0) is 41.7 Å². The van der Waals surface area contributed by atoms with Crippen molar-refractivity contribution in [3.63, 3.8) is 0 Å². The Balaban J connectivity index is 1.86. The first kappa shape index (κ1) is 16.8. The Labute approximate surface area is 153 Å². The van der Waals surface area contributed by atoms with E-state index in [2.05, 4.69) is 5.32 Å². The first-order valence-electron chi connectivity index (χ1n) is 7.94. The molecule has 0 radical (unpaired) electrons. The van der Waals surface area contributed by atoms with Crippen molar-refractivity contribution < 1.29 is 13.2 Å². The molecule has 130 valence electrons. The van der Waals surface area contributed by atoms with Gasteiger partial charge >= 0.3 is 6.18 Å². The van der Waals surface area contributed by atoms with Crippen LogP contribution in [0.15, 0.2) is 48.6 Å². The third-order valence-corrected chi connectivity index (χ3v) is 5.56. The number of halogens is 5. The topological polar surface area (TPSA) is 12.0 Å². The highest BCUT2D eigenvalue weighted by Gasteiger charge is 2.43. The van der Waals surface area contributed by atoms with Crippen molar-refractivity contribution >= 4 is 28.9 Å². The SMILES string of the molecule is FC(F)(F)c1cccc2c1N[C@H](c1ccc(Cl)cc1Cl)[C@H]1CC=C[C@H]21. The van der Waals surface area contributed by atoms with E-state index in [0.717, 1.165) is 18.1 Å². The van der Waals surface area contributed by atoms with Gasteiger partial charge in [-0.25, -0.2) is 0 Å². The van der Waals surface area contributed by atoms with Crippen LogP contribution in [0.2, 0.25) is 10.0 Å². The van der Waals surface area contributed by atoms with Crippen LogP contribution in [-0.2, 0) is 6.18 Å². The molecule has 6 heteroatoms. The largest absolute Gasteiger partial charge is 0.418 e. The molecule has 2 aliphatic rings. The molecule has 25 heavy (non-hydrogen) atoms. The van der Waals surface area contributed by atoms with Crippen molar-refractivity contribution in [2.75, 3.05) is 5.32 Å². The zero-order valence-corrected chi connectivity index (χ0v) is 14.5. The second kappa shape index (κ2) is 5.96. The van der Waals surface area contributed by atoms with Crippen LogP contribution in [0.3, 0.4) is 0 Å². The highest BCUT2D eigenvalue weighted by atomic mass is 35.5. The average Bonchev–Trinajstić information content (AvgIpc) is 3.03. The summed E-state index contributed by atoms with van der Waals surface area (Å²) < 4.78 is 40.4. The smallest absolute Gasteiger partial charge is 0.377 e. The number of nitrogens with one attached hydrogen (secondary N) is 1. The van der Waals surface area contributed by atoms with Gasteiger partial charge in [0.05, 0.1) is 17.3 Å². The fourth-order valence-corrected chi connectivity index (χ4v) is 4.45. The van der Waals surface area contributed by atoms with Gasteiger partial charge in [-0.15, -0.1) is 0 Å². The maximum Gasteiger partial charge on any atom is 0.418 e. The second-order valence-corrected chi connectivity index (χ2v) is 7.25. The van der Waals surface area contributed by atoms with Crippen LogP contribution in [0.4, 0.5) is 18.9 Å². The van der Waals surface area contributed by atoms with Crippen molar-refractivity contribution in [1.29, 1.82) is 0 Å². The Hall–Kier alpha value is -1.65. The van der Waals surface area contributed by atoms with Crippen molar-refractivity contribution in [1.82, 2.24) is 0 Å². The Morgan fingerprint density at radius 1 is 1.04 bits per heavy atom. The lowest BCUT2D eigenvalue weighted by Crippen LogP contribution is -2.31. The minimum Gasteiger partial charge on any atom is -0.377 e. The summed E-state index contributed by atoms with van der Waals surface area (Å²) in [6.07, 6.45) is 0.406. The second-order valence-electron chi connectivity index (χ2n) is 6.41. The lowest BCUT2D eigenvalue weighted by atomic mass is 9.76. The quantitative estimate of drug-likeness (QED) is 0.531. The number of anilines is 1. The number of benzene rings is 2. The predicted molar refractivity (Wildman–Crippen MR) is 94.3 cm³/mol. The summed E-state index contributed by atoms with van der Waals surface area (Å²) in [5, 5.41) is 4.10. The van der Waals surface area contributed by atoms with E-state index < -0.39 is 11.7 Å². The molecule has 0 amide bonds. The molecular weight excluding hydrogens is 370 g/mol. The van der Waals surface area contributed by atoms with Crippen molar-refractivity contribution in [2.24, 2.45) is 5.92 Å². The molecule has 0 fully saturated rings. The van der Waals surface area contributed by atoms with Gasteiger partial charge in [-0.1, -0.05) is 53.6 Å². The van der Waals surface area contributed by atoms with Gasteiger partial charge in [0.15, 0.2) is 0 Å². The summed E-state index contributed by atoms with van der Waals surface area (Å²) in [5.74, 6) is 0.0601. The molecule has 2 aromatic carbocycles. The normalized spacial score (nSPS) is 24.6. The minimum atomic E-state index is -4.41. The summed E-state index contributed by atoms with van der Waals surface area (Å²) >= 11 is 12.3. The first-order chi connectivity index (χ1) is 11.9. The van der Waals surface area contributed by atoms with Crippen LogP contribution < -0.4 is 5.32 Å². The molecule has 0 aromatic heterocycles. The number of allylic oxidation sites excluding steroid dienone is 2. The summed E-state index contributed by atoms with van der Waals surface area (Å²) in [6.45, 7) is 0. The zero-order valence-electron chi connectivity index (χ0n) is 12.9. The van der Waals surface area contributed by atoms with E-state index in [-0.39, 0.29) is 23.6 Å². The molecule has 1 N–H and O–H groups in total. The van der Waals surface area contributed by atoms with Gasteiger partial charge in [0, 0.05) is 16.0 Å². The van der Waals surface area contributed by atoms with E-state index >= 15 is 0 Å². The lowest BCUT2D eigenvalue weighted by Gasteiger charge is -2.39. The van der Waals surface area contributed by atoms with E-state index in [0.29, 0.717) is 15.6 Å². The zero-order chi connectivity index (χ0) is 17.8. The van der Waals surface area contributed by atoms with Crippen LogP contribution in [0.5, 0.6) is 0 Å². The molecule has 2 aromatic rings. The molecule has 4 rings (SSSR count). The Bertz CT molecular complexity index is 860. The molecule has 1 nitrogen and oxygen atoms in total. The maximum absolute atomic E-state index is 13.5. The lowest BCUT2D eigenvalue weighted by molar-refractivity contribution is -0.137. The third-order valence-electron chi connectivity index (χ3n) is 5.00. The van der Waals surface area contributed by atoms with E-state index in [9.17, 15) is 13.2 Å². The van der Waals surface area contributed by atoms with Crippen LogP contribution in [0, 0.1) is 5.92 Å². The van der Waals surface area contributed by atoms with Gasteiger partial charge in [0.2, 0.25) is 0 Å². The monoisotopic (exact) mass is 383 g/mol. The van der Waals surface area contributed by atoms with Gasteiger partial charge in [0.25, 0.3) is 0 Å². The highest BCUT2D eigenvalue weighted by molar-refractivity contribution is 6.35. The van der Waals surface area contributed by atoms with Crippen LogP contribution in [0.25, 0.3) is 0 Å². The van der Waals surface area contributed by atoms with Gasteiger partial charge in [0.1, 0.15) is 0 Å². The van der Waals surface area contributed by atoms with Crippen LogP contribution in [0.1, 0.15) is 35.1 Å². The number of hydrogen-bond donors (Lipinski definition) is 1. The number of fused-ring (bicyclic) bond motifs is 3. The number of alkyl halides is 3. The number of hydrogen-bond acceptors (Lipinski definition) is 1. The number of para-hydroxylation sites is 1. The molecule has 0 saturated heterocycles. The van der Waals surface area contributed by atoms with Gasteiger partial charge < -0.3 is 5.32 Å². The van der Waals surface area contributed by atoms with Gasteiger partial charge in [-0.3, -0.25) is 0 Å². The molecule has 0 spiro atoms. The minimum absolute atomic E-state index is 0.0599. The Morgan fingerprint density at radius 3 is 2.56 bits per heavy atom. The van der Waals surface area contributed by atoms with Crippen LogP contribution in [-0.4, -0.2) is 0 Å². The van der Waals surface area contributed by atoms with E-state index in [4.69, 9.17) is 23.2 Å². The Kier molecular flexibility index (Phi) is 4.00. The fourth-order valence-electron chi connectivity index (χ4n) is 3.92. The molecule has 1 aliphatic heterocycles. The summed E-state index contributed by atoms with van der Waals surface area (Å²) in [5.41, 5.74) is 0.972. The van der Waals surface area contributed by atoms with Crippen molar-refractivity contribution in [3.05, 3.63) is 75.3 Å². The first-order valence-corrected chi connectivity index (χ1v) is 8.70. The molecular formula is C19H14Cl2F3N. The molecule has 0 bridgehead atoms. The molecule has 1 aliphatic carbocycles. The van der Waals surface area contributed by atoms with Crippen molar-refractivity contribution in [3.8, 4) is 0 Å². The predicted octanol–water partition coefficient (Wildman–Crippen LogP) is 6.84. The summed E-state index contributed by atoms with van der Waals surface area (Å²) in [4.78, 5) is 0.